The molecule has 152 valence electrons. The van der Waals surface area contributed by atoms with E-state index in [1.54, 1.807) is 11.3 Å². The fourth-order valence-corrected chi connectivity index (χ4v) is 5.00. The number of hydrogen-bond acceptors (Lipinski definition) is 4. The third-order valence-corrected chi connectivity index (χ3v) is 6.61. The summed E-state index contributed by atoms with van der Waals surface area (Å²) in [6, 6.07) is 9.70. The molecular formula is C24H21NO4S. The number of carboxylic acid groups (broad SMARTS) is 1. The zero-order valence-corrected chi connectivity index (χ0v) is 17.7. The Kier molecular flexibility index (Phi) is 4.05. The second kappa shape index (κ2) is 6.44. The van der Waals surface area contributed by atoms with Crippen molar-refractivity contribution >= 4 is 28.3 Å². The minimum atomic E-state index is -1.21. The zero-order valence-electron chi connectivity index (χ0n) is 16.9. The molecule has 4 aromatic rings. The number of hydrogen-bond donors (Lipinski definition) is 1. The third-order valence-electron chi connectivity index (χ3n) is 5.92. The molecule has 0 saturated carbocycles. The minimum Gasteiger partial charge on any atom is -0.477 e. The van der Waals surface area contributed by atoms with Crippen LogP contribution >= 0.6 is 11.3 Å². The van der Waals surface area contributed by atoms with E-state index in [0.717, 1.165) is 27.7 Å². The number of carbonyl (C=O) groups is 1. The Bertz CT molecular complexity index is 1350. The van der Waals surface area contributed by atoms with Crippen LogP contribution in [0.5, 0.6) is 0 Å². The highest BCUT2D eigenvalue weighted by atomic mass is 32.1. The van der Waals surface area contributed by atoms with Gasteiger partial charge in [0, 0.05) is 29.3 Å². The van der Waals surface area contributed by atoms with Gasteiger partial charge >= 0.3 is 5.97 Å². The zero-order chi connectivity index (χ0) is 21.2. The quantitative estimate of drug-likeness (QED) is 0.444. The number of carboxylic acids is 1. The summed E-state index contributed by atoms with van der Waals surface area (Å²) in [6.45, 7) is 6.38. The molecule has 4 heterocycles. The molecule has 0 spiro atoms. The second-order valence-electron chi connectivity index (χ2n) is 8.87. The van der Waals surface area contributed by atoms with E-state index in [0.29, 0.717) is 17.9 Å². The van der Waals surface area contributed by atoms with Gasteiger partial charge in [0.05, 0.1) is 5.69 Å². The van der Waals surface area contributed by atoms with Gasteiger partial charge in [-0.1, -0.05) is 32.9 Å². The molecule has 3 aromatic heterocycles. The van der Waals surface area contributed by atoms with Crippen LogP contribution in [0.2, 0.25) is 0 Å². The molecule has 1 aromatic carbocycles. The van der Waals surface area contributed by atoms with Crippen molar-refractivity contribution in [2.75, 3.05) is 0 Å². The Morgan fingerprint density at radius 2 is 2.00 bits per heavy atom. The number of furan rings is 1. The fourth-order valence-electron chi connectivity index (χ4n) is 4.33. The molecule has 0 radical (unpaired) electrons. The topological polar surface area (TPSA) is 72.4 Å². The van der Waals surface area contributed by atoms with E-state index in [4.69, 9.17) is 4.42 Å². The number of aromatic nitrogens is 1. The van der Waals surface area contributed by atoms with Gasteiger partial charge in [-0.15, -0.1) is 0 Å². The molecule has 5 nitrogen and oxygen atoms in total. The molecule has 1 N–H and O–H groups in total. The number of benzene rings is 1. The summed E-state index contributed by atoms with van der Waals surface area (Å²) in [5.74, 6) is -0.555. The standard InChI is InChI=1S/C24H21NO4S/c1-24(2,3)21-9-16-15-5-4-13(14-6-7-30-12-14)8-20(15)29-22(16)18-10-19(26)17(23(27)28)11-25(18)21/h4-8,10-12,21H,9H2,1-3H3,(H,27,28). The van der Waals surface area contributed by atoms with E-state index in [9.17, 15) is 14.7 Å². The van der Waals surface area contributed by atoms with E-state index >= 15 is 0 Å². The van der Waals surface area contributed by atoms with Crippen LogP contribution < -0.4 is 5.43 Å². The van der Waals surface area contributed by atoms with Crippen molar-refractivity contribution in [3.8, 4) is 22.6 Å². The minimum absolute atomic E-state index is 0.00366. The number of thiophene rings is 1. The first kappa shape index (κ1) is 18.9. The van der Waals surface area contributed by atoms with Crippen molar-refractivity contribution in [3.05, 3.63) is 68.6 Å². The highest BCUT2D eigenvalue weighted by Gasteiger charge is 2.36. The van der Waals surface area contributed by atoms with E-state index < -0.39 is 11.4 Å². The Morgan fingerprint density at radius 1 is 1.20 bits per heavy atom. The van der Waals surface area contributed by atoms with Gasteiger partial charge in [0.25, 0.3) is 0 Å². The third kappa shape index (κ3) is 2.82. The molecule has 1 atom stereocenters. The van der Waals surface area contributed by atoms with Gasteiger partial charge in [-0.25, -0.2) is 4.79 Å². The van der Waals surface area contributed by atoms with Crippen molar-refractivity contribution in [2.24, 2.45) is 5.41 Å². The summed E-state index contributed by atoms with van der Waals surface area (Å²) in [5.41, 5.74) is 3.86. The Morgan fingerprint density at radius 3 is 2.67 bits per heavy atom. The monoisotopic (exact) mass is 419 g/mol. The van der Waals surface area contributed by atoms with Gasteiger partial charge in [0.2, 0.25) is 0 Å². The van der Waals surface area contributed by atoms with Crippen LogP contribution in [-0.2, 0) is 6.42 Å². The largest absolute Gasteiger partial charge is 0.477 e. The molecule has 6 heteroatoms. The fraction of sp³-hybridized carbons (Fsp3) is 0.250. The first-order valence-electron chi connectivity index (χ1n) is 9.82. The highest BCUT2D eigenvalue weighted by molar-refractivity contribution is 7.08. The van der Waals surface area contributed by atoms with E-state index in [2.05, 4.69) is 44.4 Å². The number of pyridine rings is 1. The number of rotatable bonds is 2. The summed E-state index contributed by atoms with van der Waals surface area (Å²) in [7, 11) is 0. The van der Waals surface area contributed by atoms with Crippen LogP contribution in [0.4, 0.5) is 0 Å². The predicted molar refractivity (Wildman–Crippen MR) is 118 cm³/mol. The number of nitrogens with zero attached hydrogens (tertiary/aromatic N) is 1. The molecule has 0 bridgehead atoms. The molecule has 5 rings (SSSR count). The van der Waals surface area contributed by atoms with Gasteiger partial charge in [0.15, 0.2) is 11.2 Å². The maximum atomic E-state index is 12.5. The van der Waals surface area contributed by atoms with Crippen LogP contribution in [0.1, 0.15) is 42.7 Å². The van der Waals surface area contributed by atoms with Gasteiger partial charge in [-0.2, -0.15) is 11.3 Å². The van der Waals surface area contributed by atoms with E-state index in [-0.39, 0.29) is 17.0 Å². The highest BCUT2D eigenvalue weighted by Crippen LogP contribution is 2.46. The van der Waals surface area contributed by atoms with Gasteiger partial charge in [0.1, 0.15) is 11.1 Å². The molecule has 1 aliphatic rings. The average Bonchev–Trinajstić information content (AvgIpc) is 3.33. The molecular weight excluding hydrogens is 398 g/mol. The van der Waals surface area contributed by atoms with Gasteiger partial charge in [-0.05, 0) is 45.9 Å². The summed E-state index contributed by atoms with van der Waals surface area (Å²) in [6.07, 6.45) is 2.18. The van der Waals surface area contributed by atoms with Crippen LogP contribution in [0.15, 0.2) is 56.5 Å². The molecule has 0 fully saturated rings. The molecule has 0 aliphatic carbocycles. The van der Waals surface area contributed by atoms with Crippen LogP contribution in [0.3, 0.4) is 0 Å². The lowest BCUT2D eigenvalue weighted by molar-refractivity contribution is 0.0693. The molecule has 1 aliphatic heterocycles. The van der Waals surface area contributed by atoms with Crippen molar-refractivity contribution < 1.29 is 14.3 Å². The molecule has 0 saturated heterocycles. The Labute approximate surface area is 177 Å². The lowest BCUT2D eigenvalue weighted by Gasteiger charge is -2.37. The van der Waals surface area contributed by atoms with Crippen molar-refractivity contribution in [1.82, 2.24) is 4.57 Å². The van der Waals surface area contributed by atoms with Crippen LogP contribution in [0, 0.1) is 5.41 Å². The first-order chi connectivity index (χ1) is 14.2. The van der Waals surface area contributed by atoms with Gasteiger partial charge < -0.3 is 14.1 Å². The van der Waals surface area contributed by atoms with Crippen molar-refractivity contribution in [3.63, 3.8) is 0 Å². The lowest BCUT2D eigenvalue weighted by Crippen LogP contribution is -2.32. The van der Waals surface area contributed by atoms with Crippen molar-refractivity contribution in [1.29, 1.82) is 0 Å². The van der Waals surface area contributed by atoms with E-state index in [1.807, 2.05) is 16.0 Å². The SMILES string of the molecule is CC(C)(C)C1Cc2c(oc3cc(-c4ccsc4)ccc23)-c2cc(=O)c(C(=O)O)cn21. The first-order valence-corrected chi connectivity index (χ1v) is 10.8. The molecule has 0 amide bonds. The molecule has 1 unspecified atom stereocenters. The maximum absolute atomic E-state index is 12.5. The lowest BCUT2D eigenvalue weighted by atomic mass is 9.79. The summed E-state index contributed by atoms with van der Waals surface area (Å²) in [4.78, 5) is 24.1. The summed E-state index contributed by atoms with van der Waals surface area (Å²) in [5, 5.41) is 14.6. The number of aromatic carboxylic acids is 1. The van der Waals surface area contributed by atoms with Crippen molar-refractivity contribution in [2.45, 2.75) is 33.2 Å². The van der Waals surface area contributed by atoms with Crippen LogP contribution in [0.25, 0.3) is 33.6 Å². The van der Waals surface area contributed by atoms with Crippen LogP contribution in [-0.4, -0.2) is 15.6 Å². The Hall–Kier alpha value is -3.12. The maximum Gasteiger partial charge on any atom is 0.341 e. The summed E-state index contributed by atoms with van der Waals surface area (Å²) < 4.78 is 8.18. The van der Waals surface area contributed by atoms with Gasteiger partial charge in [-0.3, -0.25) is 4.79 Å². The predicted octanol–water partition coefficient (Wildman–Crippen LogP) is 5.83. The number of fused-ring (bicyclic) bond motifs is 5. The smallest absolute Gasteiger partial charge is 0.341 e. The van der Waals surface area contributed by atoms with E-state index in [1.165, 1.54) is 12.3 Å². The summed E-state index contributed by atoms with van der Waals surface area (Å²) >= 11 is 1.65. The second-order valence-corrected chi connectivity index (χ2v) is 9.65. The Balaban J connectivity index is 1.77. The normalized spacial score (nSPS) is 15.8. The average molecular weight is 420 g/mol. The molecule has 30 heavy (non-hydrogen) atoms.